The second-order valence-corrected chi connectivity index (χ2v) is 6.52. The molecule has 0 saturated carbocycles. The zero-order chi connectivity index (χ0) is 12.0. The second kappa shape index (κ2) is 3.57. The van der Waals surface area contributed by atoms with Gasteiger partial charge in [0.1, 0.15) is 6.10 Å². The highest BCUT2D eigenvalue weighted by molar-refractivity contribution is 7.90. The molecule has 2 rings (SSSR count). The van der Waals surface area contributed by atoms with Crippen molar-refractivity contribution in [1.29, 1.82) is 0 Å². The van der Waals surface area contributed by atoms with Gasteiger partial charge in [0.25, 0.3) is 0 Å². The Bertz CT molecular complexity index is 490. The van der Waals surface area contributed by atoms with Gasteiger partial charge < -0.3 is 4.74 Å². The van der Waals surface area contributed by atoms with Gasteiger partial charge in [0, 0.05) is 6.26 Å². The molecule has 1 aromatic carbocycles. The van der Waals surface area contributed by atoms with E-state index in [2.05, 4.69) is 13.8 Å². The van der Waals surface area contributed by atoms with Gasteiger partial charge >= 0.3 is 0 Å². The Morgan fingerprint density at radius 2 is 1.88 bits per heavy atom. The van der Waals surface area contributed by atoms with E-state index in [1.54, 1.807) is 12.1 Å². The lowest BCUT2D eigenvalue weighted by atomic mass is 9.99. The van der Waals surface area contributed by atoms with Crippen molar-refractivity contribution in [1.82, 2.24) is 0 Å². The van der Waals surface area contributed by atoms with E-state index in [0.29, 0.717) is 4.90 Å². The predicted octanol–water partition coefficient (Wildman–Crippen LogP) is 2.33. The third-order valence-electron chi connectivity index (χ3n) is 3.20. The highest BCUT2D eigenvalue weighted by atomic mass is 32.2. The number of hydrogen-bond donors (Lipinski definition) is 0. The molecule has 0 bridgehead atoms. The van der Waals surface area contributed by atoms with E-state index in [-0.39, 0.29) is 11.7 Å². The van der Waals surface area contributed by atoms with Gasteiger partial charge in [0.2, 0.25) is 0 Å². The number of epoxide rings is 1. The fourth-order valence-electron chi connectivity index (χ4n) is 1.81. The molecule has 0 spiro atoms. The van der Waals surface area contributed by atoms with Crippen LogP contribution in [-0.2, 0) is 14.6 Å². The molecular formula is C12H16O3S. The van der Waals surface area contributed by atoms with Gasteiger partial charge in [0.05, 0.1) is 10.5 Å². The van der Waals surface area contributed by atoms with Gasteiger partial charge in [-0.05, 0) is 31.0 Å². The van der Waals surface area contributed by atoms with Crippen LogP contribution >= 0.6 is 0 Å². The molecule has 0 N–H and O–H groups in total. The summed E-state index contributed by atoms with van der Waals surface area (Å²) in [4.78, 5) is 0.357. The monoisotopic (exact) mass is 240 g/mol. The summed E-state index contributed by atoms with van der Waals surface area (Å²) in [5.41, 5.74) is 0.990. The van der Waals surface area contributed by atoms with Crippen LogP contribution in [0.4, 0.5) is 0 Å². The van der Waals surface area contributed by atoms with Crippen LogP contribution in [0.15, 0.2) is 29.2 Å². The fraction of sp³-hybridized carbons (Fsp3) is 0.500. The van der Waals surface area contributed by atoms with Crippen LogP contribution in [-0.4, -0.2) is 20.3 Å². The van der Waals surface area contributed by atoms with Crippen molar-refractivity contribution < 1.29 is 13.2 Å². The fourth-order valence-corrected chi connectivity index (χ4v) is 2.44. The summed E-state index contributed by atoms with van der Waals surface area (Å²) in [7, 11) is -3.10. The predicted molar refractivity (Wildman–Crippen MR) is 62.1 cm³/mol. The Kier molecular flexibility index (Phi) is 2.59. The van der Waals surface area contributed by atoms with Crippen LogP contribution in [0.5, 0.6) is 0 Å². The van der Waals surface area contributed by atoms with Crippen LogP contribution < -0.4 is 0 Å². The van der Waals surface area contributed by atoms with Gasteiger partial charge in [-0.3, -0.25) is 0 Å². The molecule has 3 nitrogen and oxygen atoms in total. The molecule has 0 amide bonds. The van der Waals surface area contributed by atoms with E-state index >= 15 is 0 Å². The highest BCUT2D eigenvalue weighted by Gasteiger charge is 2.51. The largest absolute Gasteiger partial charge is 0.361 e. The summed E-state index contributed by atoms with van der Waals surface area (Å²) >= 11 is 0. The summed E-state index contributed by atoms with van der Waals surface area (Å²) in [6.07, 6.45) is 2.29. The highest BCUT2D eigenvalue weighted by Crippen LogP contribution is 2.51. The Balaban J connectivity index is 2.22. The number of ether oxygens (including phenoxy) is 1. The second-order valence-electron chi connectivity index (χ2n) is 4.51. The Hall–Kier alpha value is -0.870. The van der Waals surface area contributed by atoms with Crippen LogP contribution in [0.3, 0.4) is 0 Å². The quantitative estimate of drug-likeness (QED) is 0.762. The smallest absolute Gasteiger partial charge is 0.175 e. The van der Waals surface area contributed by atoms with Crippen molar-refractivity contribution in [2.24, 2.45) is 0 Å². The first-order valence-corrected chi connectivity index (χ1v) is 7.24. The van der Waals surface area contributed by atoms with Crippen molar-refractivity contribution in [3.8, 4) is 0 Å². The molecule has 0 radical (unpaired) electrons. The number of benzene rings is 1. The van der Waals surface area contributed by atoms with Gasteiger partial charge in [-0.2, -0.15) is 0 Å². The molecule has 0 aromatic heterocycles. The van der Waals surface area contributed by atoms with Gasteiger partial charge in [-0.25, -0.2) is 8.42 Å². The molecule has 0 aliphatic carbocycles. The van der Waals surface area contributed by atoms with Crippen LogP contribution in [0, 0.1) is 0 Å². The first kappa shape index (κ1) is 11.6. The van der Waals surface area contributed by atoms with Crippen LogP contribution in [0.1, 0.15) is 31.9 Å². The molecule has 1 aliphatic rings. The summed E-state index contributed by atoms with van der Waals surface area (Å²) in [5.74, 6) is 0. The van der Waals surface area contributed by atoms with Gasteiger partial charge in [-0.15, -0.1) is 0 Å². The Morgan fingerprint density at radius 3 is 2.25 bits per heavy atom. The molecule has 1 fully saturated rings. The lowest BCUT2D eigenvalue weighted by Gasteiger charge is -2.02. The summed E-state index contributed by atoms with van der Waals surface area (Å²) in [6, 6.07) is 6.95. The van der Waals surface area contributed by atoms with E-state index in [4.69, 9.17) is 4.74 Å². The maximum Gasteiger partial charge on any atom is 0.175 e. The third-order valence-corrected chi connectivity index (χ3v) is 4.33. The molecule has 1 heterocycles. The summed E-state index contributed by atoms with van der Waals surface area (Å²) in [5, 5.41) is 0. The first-order valence-electron chi connectivity index (χ1n) is 5.34. The summed E-state index contributed by atoms with van der Waals surface area (Å²) in [6.45, 7) is 4.16. The third kappa shape index (κ3) is 1.99. The van der Waals surface area contributed by atoms with Crippen molar-refractivity contribution in [3.05, 3.63) is 29.8 Å². The minimum atomic E-state index is -3.10. The summed E-state index contributed by atoms with van der Waals surface area (Å²) < 4.78 is 28.2. The SMILES string of the molecule is CC[C@@]1(C)O[C@H]1c1ccc(S(C)(=O)=O)cc1. The van der Waals surface area contributed by atoms with Crippen LogP contribution in [0.2, 0.25) is 0 Å². The minimum absolute atomic E-state index is 0.0629. The normalized spacial score (nSPS) is 29.1. The lowest BCUT2D eigenvalue weighted by Crippen LogP contribution is -2.03. The Labute approximate surface area is 96.4 Å². The lowest BCUT2D eigenvalue weighted by molar-refractivity contribution is 0.303. The van der Waals surface area contributed by atoms with Crippen molar-refractivity contribution in [2.75, 3.05) is 6.26 Å². The van der Waals surface area contributed by atoms with E-state index < -0.39 is 9.84 Å². The maximum atomic E-state index is 11.3. The van der Waals surface area contributed by atoms with Crippen LogP contribution in [0.25, 0.3) is 0 Å². The topological polar surface area (TPSA) is 46.7 Å². The van der Waals surface area contributed by atoms with Crippen molar-refractivity contribution >= 4 is 9.84 Å². The molecule has 88 valence electrons. The maximum absolute atomic E-state index is 11.3. The average Bonchev–Trinajstić information content (AvgIpc) is 2.91. The van der Waals surface area contributed by atoms with E-state index in [1.807, 2.05) is 12.1 Å². The average molecular weight is 240 g/mol. The van der Waals surface area contributed by atoms with Crippen molar-refractivity contribution in [3.63, 3.8) is 0 Å². The zero-order valence-corrected chi connectivity index (χ0v) is 10.5. The number of rotatable bonds is 3. The number of sulfone groups is 1. The first-order chi connectivity index (χ1) is 7.37. The minimum Gasteiger partial charge on any atom is -0.361 e. The molecule has 1 aromatic rings. The van der Waals surface area contributed by atoms with Gasteiger partial charge in [0.15, 0.2) is 9.84 Å². The molecule has 0 unspecified atom stereocenters. The molecule has 16 heavy (non-hydrogen) atoms. The van der Waals surface area contributed by atoms with E-state index in [9.17, 15) is 8.42 Å². The molecule has 2 atom stereocenters. The zero-order valence-electron chi connectivity index (χ0n) is 9.73. The number of hydrogen-bond acceptors (Lipinski definition) is 3. The molecule has 4 heteroatoms. The van der Waals surface area contributed by atoms with E-state index in [0.717, 1.165) is 12.0 Å². The standard InChI is InChI=1S/C12H16O3S/c1-4-12(2)11(15-12)9-5-7-10(8-6-9)16(3,13)14/h5-8,11H,4H2,1-3H3/t11-,12+/m0/s1. The molecular weight excluding hydrogens is 224 g/mol. The molecule has 1 aliphatic heterocycles. The van der Waals surface area contributed by atoms with Gasteiger partial charge in [-0.1, -0.05) is 19.1 Å². The van der Waals surface area contributed by atoms with E-state index in [1.165, 1.54) is 6.26 Å². The molecule has 1 saturated heterocycles. The Morgan fingerprint density at radius 1 is 1.31 bits per heavy atom. The van der Waals surface area contributed by atoms with Crippen molar-refractivity contribution in [2.45, 2.75) is 36.9 Å².